The van der Waals surface area contributed by atoms with Crippen LogP contribution >= 0.6 is 11.6 Å². The number of aliphatic carboxylic acids is 1. The summed E-state index contributed by atoms with van der Waals surface area (Å²) in [6.07, 6.45) is 1.99. The average molecular weight is 311 g/mol. The van der Waals surface area contributed by atoms with Gasteiger partial charge in [0.2, 0.25) is 0 Å². The van der Waals surface area contributed by atoms with Crippen molar-refractivity contribution in [3.8, 4) is 0 Å². The summed E-state index contributed by atoms with van der Waals surface area (Å²) in [4.78, 5) is 15.6. The molecular formula is C16H23ClN2O2. The summed E-state index contributed by atoms with van der Waals surface area (Å²) in [5, 5.41) is 9.86. The lowest BCUT2D eigenvalue weighted by atomic mass is 10.0. The molecule has 0 unspecified atom stereocenters. The Balaban J connectivity index is 2.10. The SMILES string of the molecule is CC(C)N1CCC(N(CC(=O)O)c2ccc(Cl)cc2)CC1. The van der Waals surface area contributed by atoms with Gasteiger partial charge in [-0.1, -0.05) is 11.6 Å². The molecule has 0 atom stereocenters. The minimum Gasteiger partial charge on any atom is -0.480 e. The highest BCUT2D eigenvalue weighted by Gasteiger charge is 2.27. The van der Waals surface area contributed by atoms with Crippen molar-refractivity contribution in [2.24, 2.45) is 0 Å². The highest BCUT2D eigenvalue weighted by Crippen LogP contribution is 2.25. The first-order valence-electron chi connectivity index (χ1n) is 7.45. The largest absolute Gasteiger partial charge is 0.480 e. The zero-order valence-corrected chi connectivity index (χ0v) is 13.4. The molecule has 1 fully saturated rings. The number of nitrogens with zero attached hydrogens (tertiary/aromatic N) is 2. The summed E-state index contributed by atoms with van der Waals surface area (Å²) in [6, 6.07) is 8.26. The maximum atomic E-state index is 11.2. The number of likely N-dealkylation sites (tertiary alicyclic amines) is 1. The molecule has 116 valence electrons. The molecule has 1 saturated heterocycles. The molecule has 0 radical (unpaired) electrons. The standard InChI is InChI=1S/C16H23ClN2O2/c1-12(2)18-9-7-15(8-10-18)19(11-16(20)21)14-5-3-13(17)4-6-14/h3-6,12,15H,7-11H2,1-2H3,(H,20,21). The van der Waals surface area contributed by atoms with Gasteiger partial charge >= 0.3 is 5.97 Å². The minimum atomic E-state index is -0.795. The van der Waals surface area contributed by atoms with Crippen LogP contribution in [0.25, 0.3) is 0 Å². The second-order valence-electron chi connectivity index (χ2n) is 5.86. The highest BCUT2D eigenvalue weighted by molar-refractivity contribution is 6.30. The number of carboxylic acid groups (broad SMARTS) is 1. The Kier molecular flexibility index (Phi) is 5.48. The van der Waals surface area contributed by atoms with Gasteiger partial charge in [-0.2, -0.15) is 0 Å². The van der Waals surface area contributed by atoms with Crippen LogP contribution < -0.4 is 4.90 Å². The average Bonchev–Trinajstić information content (AvgIpc) is 2.46. The van der Waals surface area contributed by atoms with Gasteiger partial charge < -0.3 is 14.9 Å². The summed E-state index contributed by atoms with van der Waals surface area (Å²) in [5.41, 5.74) is 0.935. The van der Waals surface area contributed by atoms with Crippen molar-refractivity contribution < 1.29 is 9.90 Å². The molecule has 21 heavy (non-hydrogen) atoms. The van der Waals surface area contributed by atoms with Gasteiger partial charge in [0, 0.05) is 35.9 Å². The third kappa shape index (κ3) is 4.35. The normalized spacial score (nSPS) is 17.1. The molecule has 2 rings (SSSR count). The molecule has 5 heteroatoms. The van der Waals surface area contributed by atoms with Crippen LogP contribution in [0.2, 0.25) is 5.02 Å². The Morgan fingerprint density at radius 3 is 2.38 bits per heavy atom. The van der Waals surface area contributed by atoms with Crippen LogP contribution in [-0.2, 0) is 4.79 Å². The fourth-order valence-electron chi connectivity index (χ4n) is 2.92. The molecule has 0 aliphatic carbocycles. The summed E-state index contributed by atoms with van der Waals surface area (Å²) in [5.74, 6) is -0.795. The molecule has 1 heterocycles. The first-order chi connectivity index (χ1) is 9.97. The maximum absolute atomic E-state index is 11.2. The Bertz CT molecular complexity index is 468. The number of benzene rings is 1. The van der Waals surface area contributed by atoms with Gasteiger partial charge in [0.1, 0.15) is 6.54 Å². The van der Waals surface area contributed by atoms with Crippen LogP contribution in [0.15, 0.2) is 24.3 Å². The summed E-state index contributed by atoms with van der Waals surface area (Å²) >= 11 is 5.92. The fourth-order valence-corrected chi connectivity index (χ4v) is 3.05. The number of carboxylic acids is 1. The monoisotopic (exact) mass is 310 g/mol. The Morgan fingerprint density at radius 2 is 1.90 bits per heavy atom. The molecule has 1 N–H and O–H groups in total. The number of anilines is 1. The van der Waals surface area contributed by atoms with E-state index in [4.69, 9.17) is 11.6 Å². The first kappa shape index (κ1) is 16.1. The van der Waals surface area contributed by atoms with E-state index in [2.05, 4.69) is 18.7 Å². The van der Waals surface area contributed by atoms with Crippen LogP contribution in [-0.4, -0.2) is 47.7 Å². The Morgan fingerprint density at radius 1 is 1.33 bits per heavy atom. The molecular weight excluding hydrogens is 288 g/mol. The van der Waals surface area contributed by atoms with E-state index in [-0.39, 0.29) is 12.6 Å². The van der Waals surface area contributed by atoms with Crippen molar-refractivity contribution in [1.82, 2.24) is 4.90 Å². The van der Waals surface area contributed by atoms with Gasteiger partial charge in [-0.25, -0.2) is 0 Å². The van der Waals surface area contributed by atoms with Gasteiger partial charge in [-0.05, 0) is 51.0 Å². The smallest absolute Gasteiger partial charge is 0.323 e. The van der Waals surface area contributed by atoms with E-state index in [1.807, 2.05) is 29.2 Å². The number of hydrogen-bond donors (Lipinski definition) is 1. The van der Waals surface area contributed by atoms with E-state index < -0.39 is 5.97 Å². The zero-order valence-electron chi connectivity index (χ0n) is 12.6. The molecule has 1 aromatic rings. The lowest BCUT2D eigenvalue weighted by Gasteiger charge is -2.40. The van der Waals surface area contributed by atoms with Crippen LogP contribution in [0.4, 0.5) is 5.69 Å². The van der Waals surface area contributed by atoms with E-state index in [1.54, 1.807) is 0 Å². The third-order valence-corrected chi connectivity index (χ3v) is 4.39. The summed E-state index contributed by atoms with van der Waals surface area (Å²) in [6.45, 7) is 6.48. The summed E-state index contributed by atoms with van der Waals surface area (Å²) < 4.78 is 0. The maximum Gasteiger partial charge on any atom is 0.323 e. The number of piperidine rings is 1. The Labute approximate surface area is 131 Å². The second kappa shape index (κ2) is 7.14. The zero-order chi connectivity index (χ0) is 15.4. The van der Waals surface area contributed by atoms with E-state index in [0.717, 1.165) is 31.6 Å². The molecule has 1 aliphatic rings. The quantitative estimate of drug-likeness (QED) is 0.907. The van der Waals surface area contributed by atoms with Gasteiger partial charge in [-0.15, -0.1) is 0 Å². The molecule has 0 saturated carbocycles. The first-order valence-corrected chi connectivity index (χ1v) is 7.83. The number of rotatable bonds is 5. The van der Waals surface area contributed by atoms with Gasteiger partial charge in [0.25, 0.3) is 0 Å². The van der Waals surface area contributed by atoms with Crippen molar-refractivity contribution >= 4 is 23.3 Å². The summed E-state index contributed by atoms with van der Waals surface area (Å²) in [7, 11) is 0. The lowest BCUT2D eigenvalue weighted by molar-refractivity contribution is -0.135. The number of halogens is 1. The molecule has 0 bridgehead atoms. The van der Waals surface area contributed by atoms with Crippen molar-refractivity contribution in [2.45, 2.75) is 38.8 Å². The van der Waals surface area contributed by atoms with Gasteiger partial charge in [0.05, 0.1) is 0 Å². The van der Waals surface area contributed by atoms with Crippen LogP contribution in [0, 0.1) is 0 Å². The van der Waals surface area contributed by atoms with Crippen molar-refractivity contribution in [2.75, 3.05) is 24.5 Å². The highest BCUT2D eigenvalue weighted by atomic mass is 35.5. The number of hydrogen-bond acceptors (Lipinski definition) is 3. The van der Waals surface area contributed by atoms with E-state index in [9.17, 15) is 9.90 Å². The molecule has 4 nitrogen and oxygen atoms in total. The molecule has 0 amide bonds. The topological polar surface area (TPSA) is 43.8 Å². The van der Waals surface area contributed by atoms with E-state index in [1.165, 1.54) is 0 Å². The van der Waals surface area contributed by atoms with Crippen LogP contribution in [0.1, 0.15) is 26.7 Å². The Hall–Kier alpha value is -1.26. The molecule has 0 aromatic heterocycles. The number of carbonyl (C=O) groups is 1. The van der Waals surface area contributed by atoms with Gasteiger partial charge in [-0.3, -0.25) is 4.79 Å². The van der Waals surface area contributed by atoms with E-state index >= 15 is 0 Å². The minimum absolute atomic E-state index is 0.0357. The lowest BCUT2D eigenvalue weighted by Crippen LogP contribution is -2.48. The van der Waals surface area contributed by atoms with Crippen molar-refractivity contribution in [3.05, 3.63) is 29.3 Å². The molecule has 1 aromatic carbocycles. The van der Waals surface area contributed by atoms with Crippen LogP contribution in [0.5, 0.6) is 0 Å². The predicted octanol–water partition coefficient (Wildman–Crippen LogP) is 3.10. The molecule has 0 spiro atoms. The van der Waals surface area contributed by atoms with Crippen molar-refractivity contribution in [3.63, 3.8) is 0 Å². The molecule has 1 aliphatic heterocycles. The third-order valence-electron chi connectivity index (χ3n) is 4.13. The van der Waals surface area contributed by atoms with Gasteiger partial charge in [0.15, 0.2) is 0 Å². The fraction of sp³-hybridized carbons (Fsp3) is 0.562. The predicted molar refractivity (Wildman–Crippen MR) is 86.2 cm³/mol. The van der Waals surface area contributed by atoms with Crippen molar-refractivity contribution in [1.29, 1.82) is 0 Å². The second-order valence-corrected chi connectivity index (χ2v) is 6.30. The van der Waals surface area contributed by atoms with E-state index in [0.29, 0.717) is 11.1 Å². The van der Waals surface area contributed by atoms with Crippen LogP contribution in [0.3, 0.4) is 0 Å².